The molecule has 0 atom stereocenters. The Labute approximate surface area is 174 Å². The van der Waals surface area contributed by atoms with E-state index in [1.807, 2.05) is 35.2 Å². The van der Waals surface area contributed by atoms with Gasteiger partial charge in [0.1, 0.15) is 5.82 Å². The zero-order chi connectivity index (χ0) is 20.1. The van der Waals surface area contributed by atoms with Gasteiger partial charge in [0.15, 0.2) is 0 Å². The number of thiophene rings is 1. The molecule has 3 aromatic heterocycles. The molecule has 8 heteroatoms. The zero-order valence-corrected chi connectivity index (χ0v) is 17.3. The van der Waals surface area contributed by atoms with Crippen LogP contribution in [0.4, 0.5) is 5.82 Å². The molecule has 29 heavy (non-hydrogen) atoms. The molecule has 4 rings (SSSR count). The summed E-state index contributed by atoms with van der Waals surface area (Å²) in [4.78, 5) is 19.0. The van der Waals surface area contributed by atoms with E-state index in [9.17, 15) is 4.79 Å². The minimum Gasteiger partial charge on any atom is -0.421 e. The SMILES string of the molecule is CC1CCN(c2ccc(CNC(=O)CCc3nnc(-c4ccsc4)o3)cn2)CC1. The van der Waals surface area contributed by atoms with Crippen molar-refractivity contribution in [3.05, 3.63) is 46.6 Å². The maximum Gasteiger partial charge on any atom is 0.248 e. The summed E-state index contributed by atoms with van der Waals surface area (Å²) in [7, 11) is 0. The van der Waals surface area contributed by atoms with Gasteiger partial charge in [-0.05, 0) is 41.8 Å². The van der Waals surface area contributed by atoms with E-state index in [4.69, 9.17) is 4.42 Å². The van der Waals surface area contributed by atoms with Crippen LogP contribution in [0, 0.1) is 5.92 Å². The van der Waals surface area contributed by atoms with Crippen molar-refractivity contribution < 1.29 is 9.21 Å². The second-order valence-corrected chi connectivity index (χ2v) is 8.26. The lowest BCUT2D eigenvalue weighted by Gasteiger charge is -2.31. The van der Waals surface area contributed by atoms with Crippen molar-refractivity contribution in [2.24, 2.45) is 5.92 Å². The van der Waals surface area contributed by atoms with Crippen LogP contribution in [0.3, 0.4) is 0 Å². The molecule has 4 heterocycles. The van der Waals surface area contributed by atoms with Crippen molar-refractivity contribution >= 4 is 23.1 Å². The number of anilines is 1. The fraction of sp³-hybridized carbons (Fsp3) is 0.429. The van der Waals surface area contributed by atoms with Crippen LogP contribution in [0.15, 0.2) is 39.6 Å². The van der Waals surface area contributed by atoms with Gasteiger partial charge in [-0.25, -0.2) is 4.98 Å². The Hall–Kier alpha value is -2.74. The third kappa shape index (κ3) is 5.20. The van der Waals surface area contributed by atoms with E-state index in [2.05, 4.69) is 32.3 Å². The lowest BCUT2D eigenvalue weighted by molar-refractivity contribution is -0.121. The summed E-state index contributed by atoms with van der Waals surface area (Å²) >= 11 is 1.58. The van der Waals surface area contributed by atoms with Crippen LogP contribution in [0.1, 0.15) is 37.6 Å². The number of piperidine rings is 1. The summed E-state index contributed by atoms with van der Waals surface area (Å²) in [5, 5.41) is 14.9. The Bertz CT molecular complexity index is 915. The van der Waals surface area contributed by atoms with Crippen LogP contribution in [-0.4, -0.2) is 34.2 Å². The van der Waals surface area contributed by atoms with Gasteiger partial charge < -0.3 is 14.6 Å². The minimum absolute atomic E-state index is 0.0469. The highest BCUT2D eigenvalue weighted by atomic mass is 32.1. The van der Waals surface area contributed by atoms with Gasteiger partial charge in [-0.1, -0.05) is 13.0 Å². The number of hydrogen-bond acceptors (Lipinski definition) is 7. The van der Waals surface area contributed by atoms with E-state index in [1.165, 1.54) is 12.8 Å². The molecule has 0 spiro atoms. The first-order valence-electron chi connectivity index (χ1n) is 9.99. The molecule has 0 bridgehead atoms. The molecular formula is C21H25N5O2S. The maximum atomic E-state index is 12.1. The monoisotopic (exact) mass is 411 g/mol. The van der Waals surface area contributed by atoms with Crippen LogP contribution >= 0.6 is 11.3 Å². The molecule has 1 aliphatic heterocycles. The van der Waals surface area contributed by atoms with Crippen LogP contribution in [-0.2, 0) is 17.8 Å². The molecule has 0 aromatic carbocycles. The number of pyridine rings is 1. The Morgan fingerprint density at radius 2 is 2.14 bits per heavy atom. The highest BCUT2D eigenvalue weighted by molar-refractivity contribution is 7.08. The number of rotatable bonds is 7. The molecule has 1 amide bonds. The minimum atomic E-state index is -0.0469. The first kappa shape index (κ1) is 19.6. The fourth-order valence-corrected chi connectivity index (χ4v) is 3.94. The van der Waals surface area contributed by atoms with Crippen molar-refractivity contribution in [3.63, 3.8) is 0 Å². The Morgan fingerprint density at radius 1 is 1.28 bits per heavy atom. The highest BCUT2D eigenvalue weighted by Crippen LogP contribution is 2.22. The van der Waals surface area contributed by atoms with Gasteiger partial charge in [0.05, 0.1) is 0 Å². The van der Waals surface area contributed by atoms with Gasteiger partial charge in [0, 0.05) is 49.6 Å². The fourth-order valence-electron chi connectivity index (χ4n) is 3.31. The van der Waals surface area contributed by atoms with Gasteiger partial charge in [-0.2, -0.15) is 11.3 Å². The Morgan fingerprint density at radius 3 is 2.86 bits per heavy atom. The van der Waals surface area contributed by atoms with Crippen LogP contribution in [0.2, 0.25) is 0 Å². The molecule has 0 aliphatic carbocycles. The molecule has 1 saturated heterocycles. The van der Waals surface area contributed by atoms with Gasteiger partial charge in [0.2, 0.25) is 17.7 Å². The van der Waals surface area contributed by atoms with Crippen molar-refractivity contribution in [2.75, 3.05) is 18.0 Å². The number of carbonyl (C=O) groups is 1. The van der Waals surface area contributed by atoms with E-state index in [0.717, 1.165) is 36.0 Å². The molecule has 1 aliphatic rings. The largest absolute Gasteiger partial charge is 0.421 e. The number of nitrogens with one attached hydrogen (secondary N) is 1. The standard InChI is InChI=1S/C21H25N5O2S/c1-15-6-9-26(10-7-15)18-3-2-16(12-22-18)13-23-19(27)4-5-20-24-25-21(28-20)17-8-11-29-14-17/h2-3,8,11-12,14-15H,4-7,9-10,13H2,1H3,(H,23,27). The van der Waals surface area contributed by atoms with E-state index in [-0.39, 0.29) is 5.91 Å². The highest BCUT2D eigenvalue weighted by Gasteiger charge is 2.16. The van der Waals surface area contributed by atoms with Crippen LogP contribution in [0.5, 0.6) is 0 Å². The Kier molecular flexibility index (Phi) is 6.19. The van der Waals surface area contributed by atoms with E-state index in [1.54, 1.807) is 11.3 Å². The molecule has 1 N–H and O–H groups in total. The van der Waals surface area contributed by atoms with Gasteiger partial charge in [-0.3, -0.25) is 4.79 Å². The summed E-state index contributed by atoms with van der Waals surface area (Å²) in [5.41, 5.74) is 1.90. The first-order chi connectivity index (χ1) is 14.2. The van der Waals surface area contributed by atoms with Crippen molar-refractivity contribution in [1.29, 1.82) is 0 Å². The van der Waals surface area contributed by atoms with Gasteiger partial charge >= 0.3 is 0 Å². The third-order valence-corrected chi connectivity index (χ3v) is 5.89. The summed E-state index contributed by atoms with van der Waals surface area (Å²) in [6.07, 6.45) is 5.01. The van der Waals surface area contributed by atoms with E-state index < -0.39 is 0 Å². The molecule has 152 valence electrons. The van der Waals surface area contributed by atoms with Gasteiger partial charge in [0.25, 0.3) is 0 Å². The van der Waals surface area contributed by atoms with E-state index in [0.29, 0.717) is 31.2 Å². The maximum absolute atomic E-state index is 12.1. The van der Waals surface area contributed by atoms with Gasteiger partial charge in [-0.15, -0.1) is 10.2 Å². The average Bonchev–Trinajstić information content (AvgIpc) is 3.43. The number of carbonyl (C=O) groups excluding carboxylic acids is 1. The molecule has 1 fully saturated rings. The van der Waals surface area contributed by atoms with Crippen molar-refractivity contribution in [1.82, 2.24) is 20.5 Å². The molecule has 0 radical (unpaired) electrons. The molecular weight excluding hydrogens is 386 g/mol. The Balaban J connectivity index is 1.21. The number of hydrogen-bond donors (Lipinski definition) is 1. The topological polar surface area (TPSA) is 84.2 Å². The molecule has 3 aromatic rings. The lowest BCUT2D eigenvalue weighted by atomic mass is 9.99. The molecule has 0 unspecified atom stereocenters. The second-order valence-electron chi connectivity index (χ2n) is 7.48. The zero-order valence-electron chi connectivity index (χ0n) is 16.5. The number of aromatic nitrogens is 3. The van der Waals surface area contributed by atoms with Crippen LogP contribution in [0.25, 0.3) is 11.5 Å². The summed E-state index contributed by atoms with van der Waals surface area (Å²) in [6, 6.07) is 6.01. The smallest absolute Gasteiger partial charge is 0.248 e. The third-order valence-electron chi connectivity index (χ3n) is 5.21. The van der Waals surface area contributed by atoms with Crippen molar-refractivity contribution in [2.45, 2.75) is 39.2 Å². The predicted molar refractivity (Wildman–Crippen MR) is 113 cm³/mol. The van der Waals surface area contributed by atoms with Crippen molar-refractivity contribution in [3.8, 4) is 11.5 Å². The quantitative estimate of drug-likeness (QED) is 0.638. The van der Waals surface area contributed by atoms with Crippen LogP contribution < -0.4 is 10.2 Å². The number of nitrogens with zero attached hydrogens (tertiary/aromatic N) is 4. The second kappa shape index (κ2) is 9.17. The first-order valence-corrected chi connectivity index (χ1v) is 10.9. The molecule has 0 saturated carbocycles. The van der Waals surface area contributed by atoms with E-state index >= 15 is 0 Å². The normalized spacial score (nSPS) is 14.9. The summed E-state index contributed by atoms with van der Waals surface area (Å²) < 4.78 is 5.61. The average molecular weight is 412 g/mol. The number of aryl methyl sites for hydroxylation is 1. The summed E-state index contributed by atoms with van der Waals surface area (Å²) in [6.45, 7) is 4.90. The summed E-state index contributed by atoms with van der Waals surface area (Å²) in [5.74, 6) is 2.74. The predicted octanol–water partition coefficient (Wildman–Crippen LogP) is 3.68. The lowest BCUT2D eigenvalue weighted by Crippen LogP contribution is -2.33. The number of amides is 1. The molecule has 7 nitrogen and oxygen atoms in total.